The van der Waals surface area contributed by atoms with Crippen molar-refractivity contribution in [2.45, 2.75) is 39.3 Å². The number of carbonyl (C=O) groups excluding carboxylic acids is 1. The van der Waals surface area contributed by atoms with Crippen LogP contribution in [0.1, 0.15) is 27.7 Å². The van der Waals surface area contributed by atoms with Crippen LogP contribution >= 0.6 is 0 Å². The minimum Gasteiger partial charge on any atom is -0.462 e. The van der Waals surface area contributed by atoms with E-state index in [1.165, 1.54) is 13.8 Å². The summed E-state index contributed by atoms with van der Waals surface area (Å²) >= 11 is 0. The Labute approximate surface area is 61.5 Å². The molecule has 10 heavy (non-hydrogen) atoms. The van der Waals surface area contributed by atoms with Gasteiger partial charge >= 0.3 is 5.97 Å². The Morgan fingerprint density at radius 3 is 2.00 bits per heavy atom. The van der Waals surface area contributed by atoms with Gasteiger partial charge in [0.2, 0.25) is 0 Å². The molecule has 0 atom stereocenters. The van der Waals surface area contributed by atoms with Crippen molar-refractivity contribution in [3.05, 3.63) is 0 Å². The summed E-state index contributed by atoms with van der Waals surface area (Å²) in [4.78, 5) is 10.9. The Morgan fingerprint density at radius 1 is 1.50 bits per heavy atom. The molecule has 0 spiro atoms. The number of esters is 1. The van der Waals surface area contributed by atoms with Crippen LogP contribution in [-0.2, 0) is 9.53 Å². The molecule has 1 N–H and O–H groups in total. The molecule has 0 bridgehead atoms. The Bertz CT molecular complexity index is 124. The lowest BCUT2D eigenvalue weighted by Gasteiger charge is -2.17. The second-order valence-electron chi connectivity index (χ2n) is 3.08. The minimum absolute atomic E-state index is 0.128. The van der Waals surface area contributed by atoms with Gasteiger partial charge in [0, 0.05) is 0 Å². The van der Waals surface area contributed by atoms with Gasteiger partial charge in [-0.05, 0) is 27.7 Å². The van der Waals surface area contributed by atoms with E-state index in [-0.39, 0.29) is 6.10 Å². The van der Waals surface area contributed by atoms with Crippen LogP contribution in [0.3, 0.4) is 0 Å². The molecule has 3 heteroatoms. The van der Waals surface area contributed by atoms with E-state index in [4.69, 9.17) is 10.5 Å². The molecule has 0 saturated carbocycles. The van der Waals surface area contributed by atoms with Crippen molar-refractivity contribution in [3.8, 4) is 0 Å². The summed E-state index contributed by atoms with van der Waals surface area (Å²) in [6.45, 7) is 6.56. The van der Waals surface area contributed by atoms with Crippen molar-refractivity contribution in [2.75, 3.05) is 0 Å². The maximum atomic E-state index is 10.9. The van der Waals surface area contributed by atoms with Crippen molar-refractivity contribution in [1.82, 2.24) is 5.73 Å². The largest absolute Gasteiger partial charge is 0.462 e. The molecule has 0 unspecified atom stereocenters. The first-order valence-electron chi connectivity index (χ1n) is 3.30. The van der Waals surface area contributed by atoms with E-state index >= 15 is 0 Å². The summed E-state index contributed by atoms with van der Waals surface area (Å²) in [7, 11) is 0. The molecule has 0 aliphatic heterocycles. The van der Waals surface area contributed by atoms with E-state index in [1.54, 1.807) is 13.8 Å². The van der Waals surface area contributed by atoms with Crippen LogP contribution in [-0.4, -0.2) is 17.6 Å². The standard InChI is InChI=1S/C7H14NO2/c1-5(2)10-6(9)7(3,4)8/h5,8H,1-4H3. The van der Waals surface area contributed by atoms with Crippen LogP contribution < -0.4 is 5.73 Å². The highest BCUT2D eigenvalue weighted by Crippen LogP contribution is 2.04. The number of hydrogen-bond donors (Lipinski definition) is 0. The average molecular weight is 144 g/mol. The van der Waals surface area contributed by atoms with Crippen LogP contribution in [0.2, 0.25) is 0 Å². The number of hydrogen-bond acceptors (Lipinski definition) is 2. The zero-order valence-corrected chi connectivity index (χ0v) is 6.89. The molecule has 0 heterocycles. The summed E-state index contributed by atoms with van der Waals surface area (Å²) in [6.07, 6.45) is -0.128. The van der Waals surface area contributed by atoms with E-state index in [9.17, 15) is 4.79 Å². The third-order valence-corrected chi connectivity index (χ3v) is 0.853. The molecule has 0 rings (SSSR count). The zero-order valence-electron chi connectivity index (χ0n) is 6.89. The number of nitrogens with one attached hydrogen (secondary N) is 1. The van der Waals surface area contributed by atoms with Gasteiger partial charge in [-0.2, -0.15) is 0 Å². The fourth-order valence-corrected chi connectivity index (χ4v) is 0.361. The summed E-state index contributed by atoms with van der Waals surface area (Å²) < 4.78 is 4.79. The van der Waals surface area contributed by atoms with Gasteiger partial charge in [-0.3, -0.25) is 4.79 Å². The van der Waals surface area contributed by atoms with E-state index in [1.807, 2.05) is 0 Å². The fourth-order valence-electron chi connectivity index (χ4n) is 0.361. The lowest BCUT2D eigenvalue weighted by atomic mass is 10.1. The predicted molar refractivity (Wildman–Crippen MR) is 38.4 cm³/mol. The van der Waals surface area contributed by atoms with Crippen LogP contribution in [0.5, 0.6) is 0 Å². The van der Waals surface area contributed by atoms with Gasteiger partial charge in [0.25, 0.3) is 0 Å². The highest BCUT2D eigenvalue weighted by atomic mass is 16.5. The molecule has 0 aromatic heterocycles. The van der Waals surface area contributed by atoms with Crippen molar-refractivity contribution in [3.63, 3.8) is 0 Å². The SMILES string of the molecule is CC(C)OC(=O)C(C)(C)[NH]. The zero-order chi connectivity index (χ0) is 8.36. The fraction of sp³-hybridized carbons (Fsp3) is 0.857. The molecular formula is C7H14NO2. The first-order valence-corrected chi connectivity index (χ1v) is 3.30. The van der Waals surface area contributed by atoms with Crippen molar-refractivity contribution in [2.24, 2.45) is 0 Å². The molecule has 0 amide bonds. The van der Waals surface area contributed by atoms with Crippen molar-refractivity contribution < 1.29 is 9.53 Å². The maximum Gasteiger partial charge on any atom is 0.327 e. The average Bonchev–Trinajstić information content (AvgIpc) is 1.60. The first kappa shape index (κ1) is 9.43. The van der Waals surface area contributed by atoms with Gasteiger partial charge in [0.15, 0.2) is 0 Å². The summed E-state index contributed by atoms with van der Waals surface area (Å²) in [6, 6.07) is 0. The third-order valence-electron chi connectivity index (χ3n) is 0.853. The predicted octanol–water partition coefficient (Wildman–Crippen LogP) is 1.000. The topological polar surface area (TPSA) is 50.1 Å². The first-order chi connectivity index (χ1) is 4.34. The normalized spacial score (nSPS) is 11.8. The molecule has 1 radical (unpaired) electrons. The smallest absolute Gasteiger partial charge is 0.327 e. The second kappa shape index (κ2) is 3.01. The van der Waals surface area contributed by atoms with Crippen LogP contribution in [0.25, 0.3) is 0 Å². The van der Waals surface area contributed by atoms with Crippen LogP contribution in [0.15, 0.2) is 0 Å². The Balaban J connectivity index is 3.87. The minimum atomic E-state index is -1.12. The molecule has 0 fully saturated rings. The molecule has 0 aliphatic rings. The molecule has 0 aliphatic carbocycles. The monoisotopic (exact) mass is 144 g/mol. The van der Waals surface area contributed by atoms with E-state index < -0.39 is 11.5 Å². The molecule has 0 aromatic carbocycles. The maximum absolute atomic E-state index is 10.9. The highest BCUT2D eigenvalue weighted by Gasteiger charge is 2.25. The number of rotatable bonds is 2. The molecule has 3 nitrogen and oxygen atoms in total. The van der Waals surface area contributed by atoms with Gasteiger partial charge in [0.05, 0.1) is 6.10 Å². The van der Waals surface area contributed by atoms with Gasteiger partial charge in [-0.15, -0.1) is 0 Å². The lowest BCUT2D eigenvalue weighted by molar-refractivity contribution is -0.152. The Kier molecular flexibility index (Phi) is 2.84. The van der Waals surface area contributed by atoms with Gasteiger partial charge < -0.3 is 4.74 Å². The van der Waals surface area contributed by atoms with Crippen molar-refractivity contribution >= 4 is 5.97 Å². The number of carbonyl (C=O) groups is 1. The summed E-state index contributed by atoms with van der Waals surface area (Å²) in [5, 5.41) is 0. The summed E-state index contributed by atoms with van der Waals surface area (Å²) in [5.74, 6) is -0.470. The Hall–Kier alpha value is -0.570. The van der Waals surface area contributed by atoms with Crippen molar-refractivity contribution in [1.29, 1.82) is 0 Å². The highest BCUT2D eigenvalue weighted by molar-refractivity contribution is 5.79. The second-order valence-corrected chi connectivity index (χ2v) is 3.08. The molecule has 59 valence electrons. The van der Waals surface area contributed by atoms with E-state index in [2.05, 4.69) is 0 Å². The van der Waals surface area contributed by atoms with E-state index in [0.717, 1.165) is 0 Å². The third kappa shape index (κ3) is 3.45. The number of ether oxygens (including phenoxy) is 1. The summed E-state index contributed by atoms with van der Waals surface area (Å²) in [5.41, 5.74) is 6.14. The molecule has 0 aromatic rings. The molecule has 0 saturated heterocycles. The van der Waals surface area contributed by atoms with Crippen LogP contribution in [0, 0.1) is 0 Å². The van der Waals surface area contributed by atoms with Crippen LogP contribution in [0.4, 0.5) is 0 Å². The Morgan fingerprint density at radius 2 is 1.90 bits per heavy atom. The lowest BCUT2D eigenvalue weighted by Crippen LogP contribution is -2.36. The molecular weight excluding hydrogens is 130 g/mol. The van der Waals surface area contributed by atoms with E-state index in [0.29, 0.717) is 0 Å². The van der Waals surface area contributed by atoms with Gasteiger partial charge in [-0.25, -0.2) is 5.73 Å². The van der Waals surface area contributed by atoms with Gasteiger partial charge in [0.1, 0.15) is 5.54 Å². The quantitative estimate of drug-likeness (QED) is 0.543. The van der Waals surface area contributed by atoms with Gasteiger partial charge in [-0.1, -0.05) is 0 Å².